The number of halogens is 5. The standard InChI is InChI=1S/C16H10BrF4N3O/c17-8-4-9(18)6-10(5-8)24(7-13(20)21)15-14-11(19)2-1-3-12(14)22-16(25)23-15/h1-6,13H,7H2,(H,22,23,25). The largest absolute Gasteiger partial charge is 0.347 e. The van der Waals surface area contributed by atoms with E-state index < -0.39 is 30.3 Å². The molecule has 1 aromatic heterocycles. The van der Waals surface area contributed by atoms with E-state index in [1.807, 2.05) is 0 Å². The second-order valence-electron chi connectivity index (χ2n) is 5.16. The fourth-order valence-electron chi connectivity index (χ4n) is 2.49. The fourth-order valence-corrected chi connectivity index (χ4v) is 2.95. The van der Waals surface area contributed by atoms with Gasteiger partial charge in [-0.2, -0.15) is 4.98 Å². The second kappa shape index (κ2) is 6.83. The lowest BCUT2D eigenvalue weighted by molar-refractivity contribution is 0.157. The van der Waals surface area contributed by atoms with Crippen molar-refractivity contribution in [1.82, 2.24) is 9.97 Å². The summed E-state index contributed by atoms with van der Waals surface area (Å²) < 4.78 is 54.5. The molecule has 1 N–H and O–H groups in total. The maximum absolute atomic E-state index is 14.3. The van der Waals surface area contributed by atoms with Crippen LogP contribution in [0, 0.1) is 11.6 Å². The second-order valence-corrected chi connectivity index (χ2v) is 6.07. The Bertz CT molecular complexity index is 973. The summed E-state index contributed by atoms with van der Waals surface area (Å²) in [6.45, 7) is -0.893. The van der Waals surface area contributed by atoms with Crippen molar-refractivity contribution in [3.05, 3.63) is 63.0 Å². The SMILES string of the molecule is O=c1nc(N(CC(F)F)c2cc(F)cc(Br)c2)c2c(F)cccc2[nH]1. The van der Waals surface area contributed by atoms with Gasteiger partial charge in [-0.3, -0.25) is 0 Å². The summed E-state index contributed by atoms with van der Waals surface area (Å²) >= 11 is 3.08. The zero-order valence-electron chi connectivity index (χ0n) is 12.4. The number of hydrogen-bond donors (Lipinski definition) is 1. The van der Waals surface area contributed by atoms with E-state index in [0.717, 1.165) is 23.1 Å². The number of fused-ring (bicyclic) bond motifs is 1. The molecule has 2 aromatic carbocycles. The molecular weight excluding hydrogens is 406 g/mol. The first-order chi connectivity index (χ1) is 11.8. The molecule has 0 spiro atoms. The van der Waals surface area contributed by atoms with Crippen LogP contribution in [0.1, 0.15) is 0 Å². The number of benzene rings is 2. The summed E-state index contributed by atoms with van der Waals surface area (Å²) in [5.74, 6) is -1.74. The van der Waals surface area contributed by atoms with Gasteiger partial charge in [-0.1, -0.05) is 22.0 Å². The van der Waals surface area contributed by atoms with E-state index in [1.165, 1.54) is 18.2 Å². The molecular formula is C16H10BrF4N3O. The predicted molar refractivity (Wildman–Crippen MR) is 89.4 cm³/mol. The highest BCUT2D eigenvalue weighted by Gasteiger charge is 2.22. The summed E-state index contributed by atoms with van der Waals surface area (Å²) in [6.07, 6.45) is -2.83. The van der Waals surface area contributed by atoms with E-state index in [0.29, 0.717) is 4.47 Å². The van der Waals surface area contributed by atoms with E-state index in [4.69, 9.17) is 0 Å². The van der Waals surface area contributed by atoms with Crippen molar-refractivity contribution in [2.45, 2.75) is 6.43 Å². The molecule has 0 radical (unpaired) electrons. The number of anilines is 2. The summed E-state index contributed by atoms with van der Waals surface area (Å²) in [5.41, 5.74) is -0.720. The highest BCUT2D eigenvalue weighted by Crippen LogP contribution is 2.33. The molecule has 0 fully saturated rings. The van der Waals surface area contributed by atoms with Crippen molar-refractivity contribution >= 4 is 38.3 Å². The van der Waals surface area contributed by atoms with Crippen molar-refractivity contribution in [1.29, 1.82) is 0 Å². The summed E-state index contributed by atoms with van der Waals surface area (Å²) in [4.78, 5) is 18.7. The molecule has 0 bridgehead atoms. The van der Waals surface area contributed by atoms with Gasteiger partial charge in [-0.05, 0) is 30.3 Å². The Morgan fingerprint density at radius 1 is 1.20 bits per heavy atom. The van der Waals surface area contributed by atoms with Crippen molar-refractivity contribution < 1.29 is 17.6 Å². The van der Waals surface area contributed by atoms with Crippen LogP contribution in [-0.4, -0.2) is 22.9 Å². The number of alkyl halides is 2. The van der Waals surface area contributed by atoms with E-state index >= 15 is 0 Å². The van der Waals surface area contributed by atoms with Crippen molar-refractivity contribution in [3.8, 4) is 0 Å². The van der Waals surface area contributed by atoms with Crippen LogP contribution in [0.5, 0.6) is 0 Å². The van der Waals surface area contributed by atoms with E-state index in [1.54, 1.807) is 0 Å². The molecule has 25 heavy (non-hydrogen) atoms. The molecule has 0 saturated carbocycles. The van der Waals surface area contributed by atoms with Crippen LogP contribution in [0.2, 0.25) is 0 Å². The van der Waals surface area contributed by atoms with Crippen LogP contribution in [0.3, 0.4) is 0 Å². The molecule has 4 nitrogen and oxygen atoms in total. The number of nitrogens with zero attached hydrogens (tertiary/aromatic N) is 2. The first-order valence-electron chi connectivity index (χ1n) is 7.05. The Labute approximate surface area is 147 Å². The molecule has 0 atom stereocenters. The normalized spacial score (nSPS) is 11.3. The average molecular weight is 416 g/mol. The van der Waals surface area contributed by atoms with Crippen LogP contribution < -0.4 is 10.6 Å². The Morgan fingerprint density at radius 2 is 1.96 bits per heavy atom. The average Bonchev–Trinajstić information content (AvgIpc) is 2.50. The molecule has 0 saturated heterocycles. The van der Waals surface area contributed by atoms with Gasteiger partial charge in [-0.25, -0.2) is 22.4 Å². The molecule has 3 aromatic rings. The van der Waals surface area contributed by atoms with Crippen molar-refractivity contribution in [2.24, 2.45) is 0 Å². The minimum Gasteiger partial charge on any atom is -0.320 e. The van der Waals surface area contributed by atoms with Crippen LogP contribution >= 0.6 is 15.9 Å². The van der Waals surface area contributed by atoms with Crippen LogP contribution in [0.15, 0.2) is 45.7 Å². The van der Waals surface area contributed by atoms with Gasteiger partial charge < -0.3 is 9.88 Å². The number of nitrogens with one attached hydrogen (secondary N) is 1. The number of aromatic amines is 1. The van der Waals surface area contributed by atoms with Gasteiger partial charge >= 0.3 is 5.69 Å². The highest BCUT2D eigenvalue weighted by molar-refractivity contribution is 9.10. The zero-order valence-corrected chi connectivity index (χ0v) is 14.0. The number of H-pyrrole nitrogens is 1. The molecule has 0 aliphatic rings. The summed E-state index contributed by atoms with van der Waals surface area (Å²) in [5, 5.41) is -0.136. The number of aromatic nitrogens is 2. The lowest BCUT2D eigenvalue weighted by Gasteiger charge is -2.25. The molecule has 0 unspecified atom stereocenters. The van der Waals surface area contributed by atoms with Gasteiger partial charge in [0.15, 0.2) is 5.82 Å². The van der Waals surface area contributed by atoms with Crippen LogP contribution in [0.4, 0.5) is 29.1 Å². The Kier molecular flexibility index (Phi) is 4.76. The third kappa shape index (κ3) is 3.65. The molecule has 0 amide bonds. The Hall–Kier alpha value is -2.42. The molecule has 3 rings (SSSR count). The molecule has 1 heterocycles. The molecule has 0 aliphatic carbocycles. The Balaban J connectivity index is 2.30. The minimum absolute atomic E-state index is 0.00910. The van der Waals surface area contributed by atoms with Gasteiger partial charge in [0.25, 0.3) is 6.43 Å². The lowest BCUT2D eigenvalue weighted by atomic mass is 10.2. The van der Waals surface area contributed by atoms with E-state index in [-0.39, 0.29) is 22.4 Å². The fraction of sp³-hybridized carbons (Fsp3) is 0.125. The number of rotatable bonds is 4. The monoisotopic (exact) mass is 415 g/mol. The number of hydrogen-bond acceptors (Lipinski definition) is 3. The molecule has 9 heteroatoms. The van der Waals surface area contributed by atoms with Crippen LogP contribution in [0.25, 0.3) is 10.9 Å². The highest BCUT2D eigenvalue weighted by atomic mass is 79.9. The van der Waals surface area contributed by atoms with Gasteiger partial charge in [0.05, 0.1) is 17.4 Å². The van der Waals surface area contributed by atoms with Gasteiger partial charge in [-0.15, -0.1) is 0 Å². The summed E-state index contributed by atoms with van der Waals surface area (Å²) in [7, 11) is 0. The zero-order chi connectivity index (χ0) is 18.1. The molecule has 130 valence electrons. The minimum atomic E-state index is -2.83. The summed E-state index contributed by atoms with van der Waals surface area (Å²) in [6, 6.07) is 7.44. The van der Waals surface area contributed by atoms with Gasteiger partial charge in [0.1, 0.15) is 11.6 Å². The third-order valence-electron chi connectivity index (χ3n) is 3.42. The van der Waals surface area contributed by atoms with Gasteiger partial charge in [0.2, 0.25) is 0 Å². The quantitative estimate of drug-likeness (QED) is 0.643. The molecule has 0 aliphatic heterocycles. The van der Waals surface area contributed by atoms with Crippen LogP contribution in [-0.2, 0) is 0 Å². The first-order valence-corrected chi connectivity index (χ1v) is 7.85. The Morgan fingerprint density at radius 3 is 2.64 bits per heavy atom. The maximum Gasteiger partial charge on any atom is 0.347 e. The first kappa shape index (κ1) is 17.4. The maximum atomic E-state index is 14.3. The smallest absolute Gasteiger partial charge is 0.320 e. The van der Waals surface area contributed by atoms with Gasteiger partial charge in [0, 0.05) is 10.2 Å². The van der Waals surface area contributed by atoms with Crippen molar-refractivity contribution in [3.63, 3.8) is 0 Å². The lowest BCUT2D eigenvalue weighted by Crippen LogP contribution is -2.28. The predicted octanol–water partition coefficient (Wildman–Crippen LogP) is 4.37. The van der Waals surface area contributed by atoms with Crippen molar-refractivity contribution in [2.75, 3.05) is 11.4 Å². The van der Waals surface area contributed by atoms with E-state index in [9.17, 15) is 22.4 Å². The topological polar surface area (TPSA) is 49.0 Å². The third-order valence-corrected chi connectivity index (χ3v) is 3.88. The van der Waals surface area contributed by atoms with E-state index in [2.05, 4.69) is 25.9 Å².